The van der Waals surface area contributed by atoms with E-state index in [4.69, 9.17) is 5.73 Å². The zero-order valence-electron chi connectivity index (χ0n) is 11.7. The molecule has 21 heavy (non-hydrogen) atoms. The van der Waals surface area contributed by atoms with Gasteiger partial charge in [-0.3, -0.25) is 9.78 Å². The number of hydrogen-bond acceptors (Lipinski definition) is 4. The standard InChI is InChI=1S/C15H16N2O3S/c1-10-6-7-11-12(17-10)4-2-5-13(11)21(19,20)15(14(16)18)8-3-9-15/h2,4-7H,3,8-9H2,1H3,(H2,16,18). The molecule has 0 bridgehead atoms. The average Bonchev–Trinajstić information content (AvgIpc) is 2.35. The van der Waals surface area contributed by atoms with Crippen LogP contribution < -0.4 is 5.73 Å². The molecule has 3 rings (SSSR count). The molecule has 0 radical (unpaired) electrons. The third kappa shape index (κ3) is 1.86. The number of sulfone groups is 1. The number of benzene rings is 1. The number of primary amides is 1. The van der Waals surface area contributed by atoms with Crippen molar-refractivity contribution in [2.24, 2.45) is 5.73 Å². The van der Waals surface area contributed by atoms with Gasteiger partial charge >= 0.3 is 0 Å². The zero-order valence-corrected chi connectivity index (χ0v) is 12.5. The fourth-order valence-corrected chi connectivity index (χ4v) is 5.05. The number of aryl methyl sites for hydroxylation is 1. The Morgan fingerprint density at radius 1 is 1.24 bits per heavy atom. The van der Waals surface area contributed by atoms with Crippen molar-refractivity contribution < 1.29 is 13.2 Å². The first-order valence-corrected chi connectivity index (χ1v) is 8.28. The summed E-state index contributed by atoms with van der Waals surface area (Å²) in [6.45, 7) is 1.84. The number of carbonyl (C=O) groups is 1. The molecule has 1 aromatic carbocycles. The van der Waals surface area contributed by atoms with Crippen LogP contribution in [-0.2, 0) is 14.6 Å². The lowest BCUT2D eigenvalue weighted by Crippen LogP contribution is -2.55. The number of rotatable bonds is 3. The van der Waals surface area contributed by atoms with Crippen LogP contribution in [0.3, 0.4) is 0 Å². The zero-order chi connectivity index (χ0) is 15.3. The number of hydrogen-bond donors (Lipinski definition) is 1. The summed E-state index contributed by atoms with van der Waals surface area (Å²) in [4.78, 5) is 16.2. The van der Waals surface area contributed by atoms with Crippen molar-refractivity contribution >= 4 is 26.6 Å². The van der Waals surface area contributed by atoms with Crippen LogP contribution in [0.1, 0.15) is 25.0 Å². The summed E-state index contributed by atoms with van der Waals surface area (Å²) in [5.41, 5.74) is 6.81. The van der Waals surface area contributed by atoms with Crippen molar-refractivity contribution in [3.8, 4) is 0 Å². The highest BCUT2D eigenvalue weighted by molar-refractivity contribution is 7.94. The highest BCUT2D eigenvalue weighted by Gasteiger charge is 2.54. The Kier molecular flexibility index (Phi) is 3.02. The van der Waals surface area contributed by atoms with E-state index >= 15 is 0 Å². The molecule has 1 aliphatic carbocycles. The second-order valence-corrected chi connectivity index (χ2v) is 7.72. The monoisotopic (exact) mass is 304 g/mol. The van der Waals surface area contributed by atoms with Crippen LogP contribution in [-0.4, -0.2) is 24.1 Å². The SMILES string of the molecule is Cc1ccc2c(S(=O)(=O)C3(C(N)=O)CCC3)cccc2n1. The molecule has 2 N–H and O–H groups in total. The fourth-order valence-electron chi connectivity index (χ4n) is 2.82. The van der Waals surface area contributed by atoms with Gasteiger partial charge in [0.25, 0.3) is 0 Å². The molecule has 0 aliphatic heterocycles. The predicted molar refractivity (Wildman–Crippen MR) is 79.4 cm³/mol. The lowest BCUT2D eigenvalue weighted by Gasteiger charge is -2.38. The summed E-state index contributed by atoms with van der Waals surface area (Å²) in [6.07, 6.45) is 1.28. The number of aromatic nitrogens is 1. The van der Waals surface area contributed by atoms with Crippen molar-refractivity contribution in [3.63, 3.8) is 0 Å². The Labute approximate surface area is 123 Å². The normalized spacial score (nSPS) is 17.4. The van der Waals surface area contributed by atoms with Crippen LogP contribution in [0.5, 0.6) is 0 Å². The summed E-state index contributed by atoms with van der Waals surface area (Å²) in [5.74, 6) is -0.758. The van der Waals surface area contributed by atoms with E-state index in [1.54, 1.807) is 24.3 Å². The van der Waals surface area contributed by atoms with Crippen LogP contribution in [0.15, 0.2) is 35.2 Å². The van der Waals surface area contributed by atoms with Crippen LogP contribution in [0.25, 0.3) is 10.9 Å². The van der Waals surface area contributed by atoms with Crippen molar-refractivity contribution in [3.05, 3.63) is 36.0 Å². The third-order valence-electron chi connectivity index (χ3n) is 4.25. The minimum Gasteiger partial charge on any atom is -0.368 e. The Morgan fingerprint density at radius 3 is 2.52 bits per heavy atom. The molecule has 0 atom stereocenters. The molecule has 1 fully saturated rings. The maximum atomic E-state index is 12.9. The summed E-state index contributed by atoms with van der Waals surface area (Å²) in [7, 11) is -3.82. The number of nitrogens with zero attached hydrogens (tertiary/aromatic N) is 1. The Morgan fingerprint density at radius 2 is 1.95 bits per heavy atom. The van der Waals surface area contributed by atoms with Crippen LogP contribution in [0.2, 0.25) is 0 Å². The van der Waals surface area contributed by atoms with Gasteiger partial charge < -0.3 is 5.73 Å². The van der Waals surface area contributed by atoms with Gasteiger partial charge in [-0.2, -0.15) is 0 Å². The van der Waals surface area contributed by atoms with E-state index in [9.17, 15) is 13.2 Å². The molecule has 0 spiro atoms. The molecule has 2 aromatic rings. The van der Waals surface area contributed by atoms with E-state index in [2.05, 4.69) is 4.98 Å². The molecule has 1 saturated carbocycles. The van der Waals surface area contributed by atoms with E-state index in [1.165, 1.54) is 6.07 Å². The van der Waals surface area contributed by atoms with Crippen molar-refractivity contribution in [1.29, 1.82) is 0 Å². The maximum Gasteiger partial charge on any atom is 0.239 e. The topological polar surface area (TPSA) is 90.1 Å². The second-order valence-electron chi connectivity index (χ2n) is 5.49. The Hall–Kier alpha value is -1.95. The third-order valence-corrected chi connectivity index (χ3v) is 6.82. The van der Waals surface area contributed by atoms with E-state index in [0.717, 1.165) is 5.69 Å². The van der Waals surface area contributed by atoms with Gasteiger partial charge in [0.15, 0.2) is 14.6 Å². The van der Waals surface area contributed by atoms with E-state index in [1.807, 2.05) is 6.92 Å². The van der Waals surface area contributed by atoms with Gasteiger partial charge in [-0.15, -0.1) is 0 Å². The molecule has 1 amide bonds. The van der Waals surface area contributed by atoms with Gasteiger partial charge in [0.1, 0.15) is 0 Å². The van der Waals surface area contributed by atoms with Crippen molar-refractivity contribution in [2.75, 3.05) is 0 Å². The lowest BCUT2D eigenvalue weighted by molar-refractivity contribution is -0.122. The molecule has 1 aliphatic rings. The second kappa shape index (κ2) is 4.53. The number of carbonyl (C=O) groups excluding carboxylic acids is 1. The largest absolute Gasteiger partial charge is 0.368 e. The van der Waals surface area contributed by atoms with E-state index in [0.29, 0.717) is 30.2 Å². The fraction of sp³-hybridized carbons (Fsp3) is 0.333. The highest BCUT2D eigenvalue weighted by Crippen LogP contribution is 2.43. The summed E-state index contributed by atoms with van der Waals surface area (Å²) >= 11 is 0. The van der Waals surface area contributed by atoms with Gasteiger partial charge in [0.05, 0.1) is 10.4 Å². The van der Waals surface area contributed by atoms with Crippen molar-refractivity contribution in [1.82, 2.24) is 4.98 Å². The van der Waals surface area contributed by atoms with Gasteiger partial charge in [-0.1, -0.05) is 6.07 Å². The average molecular weight is 304 g/mol. The molecule has 5 nitrogen and oxygen atoms in total. The summed E-state index contributed by atoms with van der Waals surface area (Å²) in [5, 5.41) is 0.538. The number of fused-ring (bicyclic) bond motifs is 1. The van der Waals surface area contributed by atoms with Gasteiger partial charge in [-0.25, -0.2) is 8.42 Å². The van der Waals surface area contributed by atoms with Crippen LogP contribution in [0.4, 0.5) is 0 Å². The first-order valence-electron chi connectivity index (χ1n) is 6.79. The molecule has 6 heteroatoms. The van der Waals surface area contributed by atoms with Gasteiger partial charge in [-0.05, 0) is 50.5 Å². The molecule has 1 aromatic heterocycles. The Bertz CT molecular complexity index is 839. The predicted octanol–water partition coefficient (Wildman–Crippen LogP) is 1.72. The lowest BCUT2D eigenvalue weighted by atomic mass is 9.84. The first kappa shape index (κ1) is 14.0. The summed E-state index contributed by atoms with van der Waals surface area (Å²) < 4.78 is 24.4. The van der Waals surface area contributed by atoms with Crippen LogP contribution >= 0.6 is 0 Å². The summed E-state index contributed by atoms with van der Waals surface area (Å²) in [6, 6.07) is 8.43. The molecular weight excluding hydrogens is 288 g/mol. The molecule has 110 valence electrons. The smallest absolute Gasteiger partial charge is 0.239 e. The van der Waals surface area contributed by atoms with Gasteiger partial charge in [0.2, 0.25) is 5.91 Å². The first-order chi connectivity index (χ1) is 9.88. The minimum absolute atomic E-state index is 0.144. The number of amides is 1. The van der Waals surface area contributed by atoms with Gasteiger partial charge in [0, 0.05) is 11.1 Å². The van der Waals surface area contributed by atoms with Crippen LogP contribution in [0, 0.1) is 6.92 Å². The molecular formula is C15H16N2O3S. The number of nitrogens with two attached hydrogens (primary N) is 1. The Balaban J connectivity index is 2.27. The molecule has 1 heterocycles. The molecule has 0 unspecified atom stereocenters. The van der Waals surface area contributed by atoms with E-state index in [-0.39, 0.29) is 4.90 Å². The van der Waals surface area contributed by atoms with Crippen molar-refractivity contribution in [2.45, 2.75) is 35.8 Å². The minimum atomic E-state index is -3.82. The molecule has 0 saturated heterocycles. The van der Waals surface area contributed by atoms with E-state index < -0.39 is 20.5 Å². The maximum absolute atomic E-state index is 12.9. The quantitative estimate of drug-likeness (QED) is 0.935. The number of pyridine rings is 1. The highest BCUT2D eigenvalue weighted by atomic mass is 32.2.